The van der Waals surface area contributed by atoms with E-state index < -0.39 is 10.0 Å². The summed E-state index contributed by atoms with van der Waals surface area (Å²) in [6.45, 7) is 0.801. The molecule has 2 aromatic carbocycles. The molecule has 0 aliphatic heterocycles. The molecular formula is C18H22N2O5S. The zero-order valence-electron chi connectivity index (χ0n) is 14.7. The molecule has 1 amide bonds. The van der Waals surface area contributed by atoms with Crippen molar-refractivity contribution in [2.75, 3.05) is 27.4 Å². The number of sulfonamides is 1. The predicted octanol–water partition coefficient (Wildman–Crippen LogP) is 1.55. The van der Waals surface area contributed by atoms with Gasteiger partial charge in [0.15, 0.2) is 0 Å². The number of methoxy groups -OCH3 is 2. The summed E-state index contributed by atoms with van der Waals surface area (Å²) < 4.78 is 36.5. The van der Waals surface area contributed by atoms with E-state index in [-0.39, 0.29) is 17.3 Å². The summed E-state index contributed by atoms with van der Waals surface area (Å²) in [6, 6.07) is 13.1. The van der Waals surface area contributed by atoms with Crippen LogP contribution in [0.1, 0.15) is 15.9 Å². The molecule has 7 nitrogen and oxygen atoms in total. The van der Waals surface area contributed by atoms with Crippen molar-refractivity contribution in [3.63, 3.8) is 0 Å². The second-order valence-electron chi connectivity index (χ2n) is 5.45. The van der Waals surface area contributed by atoms with E-state index in [0.717, 1.165) is 5.56 Å². The van der Waals surface area contributed by atoms with Crippen LogP contribution >= 0.6 is 0 Å². The first-order valence-electron chi connectivity index (χ1n) is 7.96. The summed E-state index contributed by atoms with van der Waals surface area (Å²) in [7, 11) is -0.495. The largest absolute Gasteiger partial charge is 0.497 e. The van der Waals surface area contributed by atoms with Crippen LogP contribution in [0.2, 0.25) is 0 Å². The lowest BCUT2D eigenvalue weighted by Gasteiger charge is -2.09. The van der Waals surface area contributed by atoms with Gasteiger partial charge in [-0.05, 0) is 42.0 Å². The number of amides is 1. The molecule has 0 unspecified atom stereocenters. The summed E-state index contributed by atoms with van der Waals surface area (Å²) in [6.07, 6.45) is 0. The van der Waals surface area contributed by atoms with Crippen molar-refractivity contribution in [2.45, 2.75) is 11.4 Å². The predicted molar refractivity (Wildman–Crippen MR) is 97.7 cm³/mol. The first-order chi connectivity index (χ1) is 12.5. The second-order valence-corrected chi connectivity index (χ2v) is 7.21. The zero-order chi connectivity index (χ0) is 19.0. The zero-order valence-corrected chi connectivity index (χ0v) is 15.5. The number of carbonyl (C=O) groups is 1. The van der Waals surface area contributed by atoms with Gasteiger partial charge in [0.05, 0.1) is 18.6 Å². The van der Waals surface area contributed by atoms with Gasteiger partial charge in [-0.15, -0.1) is 0 Å². The number of rotatable bonds is 9. The maximum absolute atomic E-state index is 12.1. The van der Waals surface area contributed by atoms with Crippen LogP contribution in [0.3, 0.4) is 0 Å². The fraction of sp³-hybridized carbons (Fsp3) is 0.278. The molecule has 0 heterocycles. The Morgan fingerprint density at radius 3 is 2.23 bits per heavy atom. The van der Waals surface area contributed by atoms with E-state index >= 15 is 0 Å². The molecule has 140 valence electrons. The number of ether oxygens (including phenoxy) is 2. The highest BCUT2D eigenvalue weighted by molar-refractivity contribution is 7.89. The Morgan fingerprint density at radius 2 is 1.65 bits per heavy atom. The molecule has 0 spiro atoms. The summed E-state index contributed by atoms with van der Waals surface area (Å²) in [5.74, 6) is 0.461. The standard InChI is InChI=1S/C18H22N2O5S/c1-24-12-11-20-26(22,23)17-9-3-14(4-10-17)13-19-18(21)15-5-7-16(25-2)8-6-15/h3-10,20H,11-13H2,1-2H3,(H,19,21). The average Bonchev–Trinajstić information content (AvgIpc) is 2.66. The monoisotopic (exact) mass is 378 g/mol. The van der Waals surface area contributed by atoms with E-state index in [1.807, 2.05) is 0 Å². The molecule has 0 fully saturated rings. The van der Waals surface area contributed by atoms with Crippen molar-refractivity contribution in [3.05, 3.63) is 59.7 Å². The minimum absolute atomic E-state index is 0.166. The molecule has 0 aliphatic carbocycles. The maximum Gasteiger partial charge on any atom is 0.251 e. The normalized spacial score (nSPS) is 11.2. The van der Waals surface area contributed by atoms with Gasteiger partial charge in [0.1, 0.15) is 5.75 Å². The third-order valence-corrected chi connectivity index (χ3v) is 5.11. The van der Waals surface area contributed by atoms with Gasteiger partial charge in [0.25, 0.3) is 5.91 Å². The molecule has 2 N–H and O–H groups in total. The van der Waals surface area contributed by atoms with E-state index in [1.54, 1.807) is 43.5 Å². The Balaban J connectivity index is 1.93. The summed E-state index contributed by atoms with van der Waals surface area (Å²) >= 11 is 0. The molecular weight excluding hydrogens is 356 g/mol. The second kappa shape index (κ2) is 9.33. The van der Waals surface area contributed by atoms with Crippen LogP contribution in [0, 0.1) is 0 Å². The minimum atomic E-state index is -3.56. The van der Waals surface area contributed by atoms with E-state index in [2.05, 4.69) is 10.0 Å². The number of hydrogen-bond acceptors (Lipinski definition) is 5. The summed E-state index contributed by atoms with van der Waals surface area (Å²) in [5.41, 5.74) is 1.31. The van der Waals surface area contributed by atoms with Gasteiger partial charge in [0.2, 0.25) is 10.0 Å². The molecule has 0 saturated heterocycles. The summed E-state index contributed by atoms with van der Waals surface area (Å²) in [4.78, 5) is 12.3. The van der Waals surface area contributed by atoms with E-state index in [9.17, 15) is 13.2 Å². The van der Waals surface area contributed by atoms with E-state index in [0.29, 0.717) is 24.5 Å². The van der Waals surface area contributed by atoms with Crippen LogP contribution in [0.15, 0.2) is 53.4 Å². The molecule has 0 aromatic heterocycles. The topological polar surface area (TPSA) is 93.7 Å². The van der Waals surface area contributed by atoms with Gasteiger partial charge in [-0.25, -0.2) is 13.1 Å². The van der Waals surface area contributed by atoms with Gasteiger partial charge in [-0.1, -0.05) is 12.1 Å². The van der Waals surface area contributed by atoms with E-state index in [4.69, 9.17) is 9.47 Å². The number of hydrogen-bond donors (Lipinski definition) is 2. The van der Waals surface area contributed by atoms with Crippen LogP contribution in [0.5, 0.6) is 5.75 Å². The molecule has 0 bridgehead atoms. The van der Waals surface area contributed by atoms with Crippen LogP contribution in [0.4, 0.5) is 0 Å². The van der Waals surface area contributed by atoms with Crippen LogP contribution in [0.25, 0.3) is 0 Å². The van der Waals surface area contributed by atoms with Crippen molar-refractivity contribution in [2.24, 2.45) is 0 Å². The molecule has 2 rings (SSSR count). The summed E-state index contributed by atoms with van der Waals surface area (Å²) in [5, 5.41) is 2.79. The fourth-order valence-corrected chi connectivity index (χ4v) is 3.19. The Labute approximate surface area is 153 Å². The molecule has 0 atom stereocenters. The Morgan fingerprint density at radius 1 is 1.00 bits per heavy atom. The highest BCUT2D eigenvalue weighted by Gasteiger charge is 2.13. The molecule has 0 radical (unpaired) electrons. The van der Waals surface area contributed by atoms with E-state index in [1.165, 1.54) is 19.2 Å². The number of nitrogens with one attached hydrogen (secondary N) is 2. The van der Waals surface area contributed by atoms with Gasteiger partial charge >= 0.3 is 0 Å². The highest BCUT2D eigenvalue weighted by atomic mass is 32.2. The minimum Gasteiger partial charge on any atom is -0.497 e. The van der Waals surface area contributed by atoms with Crippen LogP contribution in [-0.4, -0.2) is 41.7 Å². The molecule has 2 aromatic rings. The van der Waals surface area contributed by atoms with Crippen LogP contribution in [-0.2, 0) is 21.3 Å². The lowest BCUT2D eigenvalue weighted by atomic mass is 10.2. The smallest absolute Gasteiger partial charge is 0.251 e. The van der Waals surface area contributed by atoms with Crippen molar-refractivity contribution in [1.29, 1.82) is 0 Å². The quantitative estimate of drug-likeness (QED) is 0.646. The van der Waals surface area contributed by atoms with Gasteiger partial charge in [-0.2, -0.15) is 0 Å². The molecule has 0 saturated carbocycles. The number of benzene rings is 2. The highest BCUT2D eigenvalue weighted by Crippen LogP contribution is 2.12. The van der Waals surface area contributed by atoms with Gasteiger partial charge in [-0.3, -0.25) is 4.79 Å². The SMILES string of the molecule is COCCNS(=O)(=O)c1ccc(CNC(=O)c2ccc(OC)cc2)cc1. The lowest BCUT2D eigenvalue weighted by Crippen LogP contribution is -2.27. The maximum atomic E-state index is 12.1. The number of carbonyl (C=O) groups excluding carboxylic acids is 1. The van der Waals surface area contributed by atoms with Gasteiger partial charge in [0, 0.05) is 25.8 Å². The van der Waals surface area contributed by atoms with Gasteiger partial charge < -0.3 is 14.8 Å². The van der Waals surface area contributed by atoms with Crippen molar-refractivity contribution in [1.82, 2.24) is 10.0 Å². The third kappa shape index (κ3) is 5.55. The Hall–Kier alpha value is -2.42. The Bertz CT molecular complexity index is 818. The van der Waals surface area contributed by atoms with Crippen molar-refractivity contribution in [3.8, 4) is 5.75 Å². The third-order valence-electron chi connectivity index (χ3n) is 3.64. The molecule has 0 aliphatic rings. The van der Waals surface area contributed by atoms with Crippen molar-refractivity contribution < 1.29 is 22.7 Å². The fourth-order valence-electron chi connectivity index (χ4n) is 2.17. The average molecular weight is 378 g/mol. The molecule has 8 heteroatoms. The van der Waals surface area contributed by atoms with Crippen LogP contribution < -0.4 is 14.8 Å². The lowest BCUT2D eigenvalue weighted by molar-refractivity contribution is 0.0951. The first kappa shape index (κ1) is 19.9. The first-order valence-corrected chi connectivity index (χ1v) is 9.44. The Kier molecular flexibility index (Phi) is 7.14. The van der Waals surface area contributed by atoms with Crippen molar-refractivity contribution >= 4 is 15.9 Å². The molecule has 26 heavy (non-hydrogen) atoms.